The Balaban J connectivity index is 2.08. The van der Waals surface area contributed by atoms with Crippen LogP contribution in [0.3, 0.4) is 0 Å². The molecule has 0 fully saturated rings. The molecule has 0 aliphatic heterocycles. The van der Waals surface area contributed by atoms with E-state index in [1.165, 1.54) is 11.1 Å². The van der Waals surface area contributed by atoms with Crippen molar-refractivity contribution in [1.29, 1.82) is 0 Å². The Morgan fingerprint density at radius 1 is 0.667 bits per heavy atom. The quantitative estimate of drug-likeness (QED) is 0.468. The third kappa shape index (κ3) is 3.24. The van der Waals surface area contributed by atoms with Crippen LogP contribution in [0.5, 0.6) is 0 Å². The molecule has 3 nitrogen and oxygen atoms in total. The van der Waals surface area contributed by atoms with Crippen LogP contribution in [0.4, 0.5) is 0 Å². The third-order valence-electron chi connectivity index (χ3n) is 4.82. The number of aromatic nitrogens is 3. The van der Waals surface area contributed by atoms with Crippen LogP contribution in [0.2, 0.25) is 0 Å². The summed E-state index contributed by atoms with van der Waals surface area (Å²) in [6.45, 7) is 6.25. The van der Waals surface area contributed by atoms with Gasteiger partial charge in [0.2, 0.25) is 0 Å². The summed E-state index contributed by atoms with van der Waals surface area (Å²) in [4.78, 5) is 13.8. The molecule has 0 amide bonds. The zero-order chi connectivity index (χ0) is 18.8. The second-order valence-electron chi connectivity index (χ2n) is 6.77. The fourth-order valence-corrected chi connectivity index (χ4v) is 3.40. The molecule has 3 heteroatoms. The van der Waals surface area contributed by atoms with Gasteiger partial charge in [0.1, 0.15) is 6.33 Å². The molecule has 2 aromatic carbocycles. The number of benzene rings is 2. The molecule has 0 atom stereocenters. The SMILES string of the molecule is Cc1ccc(C)c(-c2ncnc(-c3cccnc3C)c2-c2ccccc2)c1. The van der Waals surface area contributed by atoms with Crippen molar-refractivity contribution >= 4 is 0 Å². The molecule has 27 heavy (non-hydrogen) atoms. The zero-order valence-corrected chi connectivity index (χ0v) is 15.8. The predicted octanol–water partition coefficient (Wildman–Crippen LogP) is 5.80. The van der Waals surface area contributed by atoms with E-state index in [-0.39, 0.29) is 0 Å². The normalized spacial score (nSPS) is 10.8. The van der Waals surface area contributed by atoms with Gasteiger partial charge in [-0.3, -0.25) is 4.98 Å². The van der Waals surface area contributed by atoms with Crippen molar-refractivity contribution in [2.75, 3.05) is 0 Å². The minimum absolute atomic E-state index is 0.915. The van der Waals surface area contributed by atoms with Gasteiger partial charge in [-0.15, -0.1) is 0 Å². The van der Waals surface area contributed by atoms with Gasteiger partial charge in [0, 0.05) is 28.6 Å². The van der Waals surface area contributed by atoms with Crippen molar-refractivity contribution < 1.29 is 0 Å². The van der Waals surface area contributed by atoms with E-state index in [0.29, 0.717) is 0 Å². The van der Waals surface area contributed by atoms with Crippen LogP contribution in [0, 0.1) is 20.8 Å². The van der Waals surface area contributed by atoms with Gasteiger partial charge in [-0.2, -0.15) is 0 Å². The summed E-state index contributed by atoms with van der Waals surface area (Å²) in [6, 6.07) is 20.9. The first-order valence-electron chi connectivity index (χ1n) is 9.05. The Morgan fingerprint density at radius 2 is 1.41 bits per heavy atom. The van der Waals surface area contributed by atoms with E-state index in [4.69, 9.17) is 4.98 Å². The number of aryl methyl sites for hydroxylation is 3. The molecule has 0 aliphatic rings. The maximum Gasteiger partial charge on any atom is 0.116 e. The Hall–Kier alpha value is -3.33. The number of hydrogen-bond donors (Lipinski definition) is 0. The second kappa shape index (κ2) is 7.12. The highest BCUT2D eigenvalue weighted by molar-refractivity contribution is 5.91. The summed E-state index contributed by atoms with van der Waals surface area (Å²) in [7, 11) is 0. The fraction of sp³-hybridized carbons (Fsp3) is 0.125. The lowest BCUT2D eigenvalue weighted by molar-refractivity contribution is 1.14. The van der Waals surface area contributed by atoms with Crippen LogP contribution in [-0.2, 0) is 0 Å². The Kier molecular flexibility index (Phi) is 4.51. The van der Waals surface area contributed by atoms with Gasteiger partial charge < -0.3 is 0 Å². The van der Waals surface area contributed by atoms with Gasteiger partial charge >= 0.3 is 0 Å². The van der Waals surface area contributed by atoms with E-state index in [0.717, 1.165) is 39.3 Å². The van der Waals surface area contributed by atoms with Gasteiger partial charge in [-0.1, -0.05) is 48.0 Å². The maximum absolute atomic E-state index is 4.71. The minimum Gasteiger partial charge on any atom is -0.261 e. The van der Waals surface area contributed by atoms with E-state index >= 15 is 0 Å². The van der Waals surface area contributed by atoms with Crippen molar-refractivity contribution in [1.82, 2.24) is 15.0 Å². The largest absolute Gasteiger partial charge is 0.261 e. The molecular weight excluding hydrogens is 330 g/mol. The van der Waals surface area contributed by atoms with Crippen molar-refractivity contribution in [3.05, 3.63) is 90.0 Å². The van der Waals surface area contributed by atoms with Gasteiger partial charge in [0.05, 0.1) is 11.4 Å². The highest BCUT2D eigenvalue weighted by atomic mass is 14.9. The first-order chi connectivity index (χ1) is 13.1. The summed E-state index contributed by atoms with van der Waals surface area (Å²) in [5.41, 5.74) is 9.56. The number of rotatable bonds is 3. The van der Waals surface area contributed by atoms with Crippen molar-refractivity contribution in [2.45, 2.75) is 20.8 Å². The zero-order valence-electron chi connectivity index (χ0n) is 15.8. The predicted molar refractivity (Wildman–Crippen MR) is 110 cm³/mol. The van der Waals surface area contributed by atoms with Gasteiger partial charge in [-0.25, -0.2) is 9.97 Å². The van der Waals surface area contributed by atoms with Crippen molar-refractivity contribution in [2.24, 2.45) is 0 Å². The van der Waals surface area contributed by atoms with Crippen molar-refractivity contribution in [3.8, 4) is 33.6 Å². The lowest BCUT2D eigenvalue weighted by Crippen LogP contribution is -1.99. The topological polar surface area (TPSA) is 38.7 Å². The highest BCUT2D eigenvalue weighted by Crippen LogP contribution is 2.39. The third-order valence-corrected chi connectivity index (χ3v) is 4.82. The van der Waals surface area contributed by atoms with E-state index in [1.807, 2.05) is 25.3 Å². The second-order valence-corrected chi connectivity index (χ2v) is 6.77. The average Bonchev–Trinajstić information content (AvgIpc) is 2.70. The summed E-state index contributed by atoms with van der Waals surface area (Å²) >= 11 is 0. The lowest BCUT2D eigenvalue weighted by atomic mass is 9.92. The Bertz CT molecular complexity index is 1100. The summed E-state index contributed by atoms with van der Waals surface area (Å²) in [6.07, 6.45) is 3.47. The molecule has 4 rings (SSSR count). The molecule has 0 saturated heterocycles. The minimum atomic E-state index is 0.915. The highest BCUT2D eigenvalue weighted by Gasteiger charge is 2.19. The van der Waals surface area contributed by atoms with Gasteiger partial charge in [-0.05, 0) is 50.1 Å². The molecule has 0 bridgehead atoms. The molecule has 0 N–H and O–H groups in total. The lowest BCUT2D eigenvalue weighted by Gasteiger charge is -2.16. The Labute approximate surface area is 159 Å². The van der Waals surface area contributed by atoms with Crippen LogP contribution < -0.4 is 0 Å². The van der Waals surface area contributed by atoms with Crippen LogP contribution >= 0.6 is 0 Å². The first kappa shape index (κ1) is 17.1. The summed E-state index contributed by atoms with van der Waals surface area (Å²) in [5.74, 6) is 0. The molecule has 4 aromatic rings. The van der Waals surface area contributed by atoms with Gasteiger partial charge in [0.15, 0.2) is 0 Å². The molecule has 0 radical (unpaired) electrons. The van der Waals surface area contributed by atoms with E-state index in [1.54, 1.807) is 6.33 Å². The monoisotopic (exact) mass is 351 g/mol. The van der Waals surface area contributed by atoms with E-state index in [9.17, 15) is 0 Å². The fourth-order valence-electron chi connectivity index (χ4n) is 3.40. The van der Waals surface area contributed by atoms with Crippen LogP contribution in [0.1, 0.15) is 16.8 Å². The average molecular weight is 351 g/mol. The molecule has 132 valence electrons. The first-order valence-corrected chi connectivity index (χ1v) is 9.05. The van der Waals surface area contributed by atoms with Crippen molar-refractivity contribution in [3.63, 3.8) is 0 Å². The van der Waals surface area contributed by atoms with Gasteiger partial charge in [0.25, 0.3) is 0 Å². The molecule has 0 spiro atoms. The standard InChI is InChI=1S/C24H21N3/c1-16-11-12-17(2)21(14-16)24-22(19-8-5-4-6-9-19)23(26-15-27-24)20-10-7-13-25-18(20)3/h4-15H,1-3H3. The molecule has 2 aromatic heterocycles. The molecule has 0 saturated carbocycles. The number of nitrogens with zero attached hydrogens (tertiary/aromatic N) is 3. The summed E-state index contributed by atoms with van der Waals surface area (Å²) in [5, 5.41) is 0. The number of pyridine rings is 1. The van der Waals surface area contributed by atoms with Crippen LogP contribution in [0.15, 0.2) is 73.2 Å². The summed E-state index contributed by atoms with van der Waals surface area (Å²) < 4.78 is 0. The molecule has 0 aliphatic carbocycles. The molecular formula is C24H21N3. The van der Waals surface area contributed by atoms with Crippen LogP contribution in [0.25, 0.3) is 33.6 Å². The number of hydrogen-bond acceptors (Lipinski definition) is 3. The maximum atomic E-state index is 4.71. The molecule has 2 heterocycles. The smallest absolute Gasteiger partial charge is 0.116 e. The van der Waals surface area contributed by atoms with E-state index in [2.05, 4.69) is 72.3 Å². The van der Waals surface area contributed by atoms with E-state index < -0.39 is 0 Å². The van der Waals surface area contributed by atoms with Crippen LogP contribution in [-0.4, -0.2) is 15.0 Å². The Morgan fingerprint density at radius 3 is 2.15 bits per heavy atom. The molecule has 0 unspecified atom stereocenters.